The molecule has 0 saturated carbocycles. The smallest absolute Gasteiger partial charge is 0.250 e. The van der Waals surface area contributed by atoms with E-state index in [0.717, 1.165) is 11.7 Å². The highest BCUT2D eigenvalue weighted by molar-refractivity contribution is 7.00. The third kappa shape index (κ3) is 3.62. The molecule has 1 heterocycles. The standard InChI is InChI=1S/C12H14ClN3O2S/c1-12(2,3)18-6-9(17)14-10-7(13)4-5-8-11(10)16-19-15-8/h4-5H,6H2,1-3H3,(H,14,17). The summed E-state index contributed by atoms with van der Waals surface area (Å²) in [5, 5.41) is 3.15. The number of nitrogens with one attached hydrogen (secondary N) is 1. The first-order chi connectivity index (χ1) is 8.87. The molecule has 2 rings (SSSR count). The van der Waals surface area contributed by atoms with Gasteiger partial charge in [-0.25, -0.2) is 0 Å². The SMILES string of the molecule is CC(C)(C)OCC(=O)Nc1c(Cl)ccc2nsnc12. The van der Waals surface area contributed by atoms with Crippen LogP contribution in [0.2, 0.25) is 5.02 Å². The Hall–Kier alpha value is -1.24. The lowest BCUT2D eigenvalue weighted by molar-refractivity contribution is -0.125. The van der Waals surface area contributed by atoms with Gasteiger partial charge in [0.15, 0.2) is 0 Å². The van der Waals surface area contributed by atoms with Crippen LogP contribution in [0.4, 0.5) is 5.69 Å². The number of ether oxygens (including phenoxy) is 1. The van der Waals surface area contributed by atoms with Gasteiger partial charge in [0.25, 0.3) is 0 Å². The van der Waals surface area contributed by atoms with Crippen molar-refractivity contribution < 1.29 is 9.53 Å². The second kappa shape index (κ2) is 5.40. The van der Waals surface area contributed by atoms with E-state index in [-0.39, 0.29) is 18.1 Å². The summed E-state index contributed by atoms with van der Waals surface area (Å²) in [4.78, 5) is 11.8. The molecule has 1 amide bonds. The van der Waals surface area contributed by atoms with Gasteiger partial charge in [-0.05, 0) is 32.9 Å². The highest BCUT2D eigenvalue weighted by atomic mass is 35.5. The minimum absolute atomic E-state index is 0.0339. The largest absolute Gasteiger partial charge is 0.366 e. The Morgan fingerprint density at radius 1 is 1.42 bits per heavy atom. The molecule has 1 aromatic heterocycles. The van der Waals surface area contributed by atoms with Crippen molar-refractivity contribution in [2.45, 2.75) is 26.4 Å². The van der Waals surface area contributed by atoms with Crippen molar-refractivity contribution in [3.63, 3.8) is 0 Å². The molecule has 1 N–H and O–H groups in total. The molecule has 0 atom stereocenters. The Balaban J connectivity index is 2.15. The number of halogens is 1. The lowest BCUT2D eigenvalue weighted by Gasteiger charge is -2.19. The van der Waals surface area contributed by atoms with Crippen LogP contribution in [0.3, 0.4) is 0 Å². The Kier molecular flexibility index (Phi) is 4.03. The Bertz CT molecular complexity index is 607. The Morgan fingerprint density at radius 3 is 2.84 bits per heavy atom. The van der Waals surface area contributed by atoms with Crippen LogP contribution in [0.15, 0.2) is 12.1 Å². The van der Waals surface area contributed by atoms with Crippen LogP contribution >= 0.6 is 23.3 Å². The fraction of sp³-hybridized carbons (Fsp3) is 0.417. The lowest BCUT2D eigenvalue weighted by atomic mass is 10.2. The van der Waals surface area contributed by atoms with Gasteiger partial charge in [-0.2, -0.15) is 8.75 Å². The van der Waals surface area contributed by atoms with Gasteiger partial charge < -0.3 is 10.1 Å². The summed E-state index contributed by atoms with van der Waals surface area (Å²) in [6.07, 6.45) is 0. The molecule has 0 spiro atoms. The lowest BCUT2D eigenvalue weighted by Crippen LogP contribution is -2.27. The average molecular weight is 300 g/mol. The summed E-state index contributed by atoms with van der Waals surface area (Å²) in [6, 6.07) is 3.45. The van der Waals surface area contributed by atoms with Crippen molar-refractivity contribution in [3.8, 4) is 0 Å². The van der Waals surface area contributed by atoms with Gasteiger partial charge in [0.2, 0.25) is 5.91 Å². The van der Waals surface area contributed by atoms with Crippen molar-refractivity contribution in [2.24, 2.45) is 0 Å². The summed E-state index contributed by atoms with van der Waals surface area (Å²) < 4.78 is 13.6. The topological polar surface area (TPSA) is 64.1 Å². The predicted octanol–water partition coefficient (Wildman–Crippen LogP) is 3.10. The maximum Gasteiger partial charge on any atom is 0.250 e. The summed E-state index contributed by atoms with van der Waals surface area (Å²) in [5.74, 6) is -0.266. The third-order valence-electron chi connectivity index (χ3n) is 2.28. The fourth-order valence-corrected chi connectivity index (χ4v) is 2.15. The van der Waals surface area contributed by atoms with Gasteiger partial charge in [0.05, 0.1) is 28.0 Å². The number of aromatic nitrogens is 2. The number of carbonyl (C=O) groups excluding carboxylic acids is 1. The first-order valence-corrected chi connectivity index (χ1v) is 6.82. The molecule has 0 saturated heterocycles. The van der Waals surface area contributed by atoms with Crippen molar-refractivity contribution in [1.29, 1.82) is 0 Å². The first-order valence-electron chi connectivity index (χ1n) is 5.71. The van der Waals surface area contributed by atoms with Crippen molar-refractivity contribution in [1.82, 2.24) is 8.75 Å². The maximum atomic E-state index is 11.8. The minimum Gasteiger partial charge on any atom is -0.366 e. The molecule has 19 heavy (non-hydrogen) atoms. The van der Waals surface area contributed by atoms with Crippen LogP contribution in [-0.4, -0.2) is 26.9 Å². The van der Waals surface area contributed by atoms with Gasteiger partial charge in [0.1, 0.15) is 17.6 Å². The molecule has 0 radical (unpaired) electrons. The number of hydrogen-bond donors (Lipinski definition) is 1. The molecule has 7 heteroatoms. The molecule has 0 fully saturated rings. The molecule has 0 unspecified atom stereocenters. The molecule has 2 aromatic rings. The molecular weight excluding hydrogens is 286 g/mol. The fourth-order valence-electron chi connectivity index (χ4n) is 1.40. The number of rotatable bonds is 3. The molecule has 0 aliphatic carbocycles. The summed E-state index contributed by atoms with van der Waals surface area (Å²) in [7, 11) is 0. The van der Waals surface area contributed by atoms with Crippen molar-refractivity contribution >= 4 is 46.0 Å². The van der Waals surface area contributed by atoms with Crippen LogP contribution in [0.25, 0.3) is 11.0 Å². The molecule has 0 aliphatic rings. The van der Waals surface area contributed by atoms with Gasteiger partial charge in [-0.15, -0.1) is 0 Å². The second-order valence-electron chi connectivity index (χ2n) is 5.00. The van der Waals surface area contributed by atoms with Crippen LogP contribution in [-0.2, 0) is 9.53 Å². The van der Waals surface area contributed by atoms with Crippen LogP contribution in [0, 0.1) is 0 Å². The van der Waals surface area contributed by atoms with Crippen molar-refractivity contribution in [3.05, 3.63) is 17.2 Å². The van der Waals surface area contributed by atoms with E-state index < -0.39 is 0 Å². The van der Waals surface area contributed by atoms with Gasteiger partial charge in [0, 0.05) is 0 Å². The normalized spacial score (nSPS) is 11.8. The number of hydrogen-bond acceptors (Lipinski definition) is 5. The van der Waals surface area contributed by atoms with E-state index in [2.05, 4.69) is 14.1 Å². The number of anilines is 1. The Morgan fingerprint density at radius 2 is 2.16 bits per heavy atom. The average Bonchev–Trinajstić information content (AvgIpc) is 2.78. The highest BCUT2D eigenvalue weighted by Crippen LogP contribution is 2.29. The molecule has 5 nitrogen and oxygen atoms in total. The quantitative estimate of drug-likeness (QED) is 0.946. The van der Waals surface area contributed by atoms with E-state index in [4.69, 9.17) is 16.3 Å². The molecule has 102 valence electrons. The second-order valence-corrected chi connectivity index (χ2v) is 5.94. The van der Waals surface area contributed by atoms with Gasteiger partial charge in [-0.3, -0.25) is 4.79 Å². The van der Waals surface area contributed by atoms with Gasteiger partial charge in [-0.1, -0.05) is 11.6 Å². The molecular formula is C12H14ClN3O2S. The zero-order chi connectivity index (χ0) is 14.0. The van der Waals surface area contributed by atoms with E-state index in [0.29, 0.717) is 21.7 Å². The van der Waals surface area contributed by atoms with Crippen LogP contribution < -0.4 is 5.32 Å². The van der Waals surface area contributed by atoms with Crippen molar-refractivity contribution in [2.75, 3.05) is 11.9 Å². The number of fused-ring (bicyclic) bond motifs is 1. The maximum absolute atomic E-state index is 11.8. The van der Waals surface area contributed by atoms with E-state index in [1.807, 2.05) is 20.8 Å². The number of benzene rings is 1. The highest BCUT2D eigenvalue weighted by Gasteiger charge is 2.16. The van der Waals surface area contributed by atoms with Gasteiger partial charge >= 0.3 is 0 Å². The monoisotopic (exact) mass is 299 g/mol. The molecule has 1 aromatic carbocycles. The number of nitrogens with zero attached hydrogens (tertiary/aromatic N) is 2. The zero-order valence-corrected chi connectivity index (χ0v) is 12.4. The zero-order valence-electron chi connectivity index (χ0n) is 10.9. The van der Waals surface area contributed by atoms with Crippen LogP contribution in [0.1, 0.15) is 20.8 Å². The van der Waals surface area contributed by atoms with E-state index in [1.54, 1.807) is 12.1 Å². The third-order valence-corrected chi connectivity index (χ3v) is 3.14. The van der Waals surface area contributed by atoms with Crippen LogP contribution in [0.5, 0.6) is 0 Å². The van der Waals surface area contributed by atoms with E-state index in [1.165, 1.54) is 0 Å². The first kappa shape index (κ1) is 14.2. The summed E-state index contributed by atoms with van der Waals surface area (Å²) in [5.41, 5.74) is 1.42. The molecule has 0 bridgehead atoms. The predicted molar refractivity (Wildman–Crippen MR) is 76.8 cm³/mol. The van der Waals surface area contributed by atoms with E-state index >= 15 is 0 Å². The number of amides is 1. The summed E-state index contributed by atoms with van der Waals surface area (Å²) >= 11 is 7.15. The number of carbonyl (C=O) groups is 1. The Labute approximate surface area is 120 Å². The van der Waals surface area contributed by atoms with E-state index in [9.17, 15) is 4.79 Å². The summed E-state index contributed by atoms with van der Waals surface area (Å²) in [6.45, 7) is 5.63. The molecule has 0 aliphatic heterocycles. The minimum atomic E-state index is -0.366.